The molecule has 1 amide bonds. The molecule has 2 heterocycles. The van der Waals surface area contributed by atoms with E-state index in [1.54, 1.807) is 23.0 Å². The first-order valence-electron chi connectivity index (χ1n) is 7.57. The van der Waals surface area contributed by atoms with Crippen molar-refractivity contribution in [1.82, 2.24) is 20.4 Å². The van der Waals surface area contributed by atoms with E-state index in [2.05, 4.69) is 38.6 Å². The predicted octanol–water partition coefficient (Wildman–Crippen LogP) is 2.50. The topological polar surface area (TPSA) is 58.9 Å². The number of carbonyl (C=O) groups excluding carboxylic acids is 1. The molecule has 2 atom stereocenters. The summed E-state index contributed by atoms with van der Waals surface area (Å²) in [5.41, 5.74) is 1.02. The number of nitrogens with zero attached hydrogens (tertiary/aromatic N) is 2. The summed E-state index contributed by atoms with van der Waals surface area (Å²) < 4.78 is 15.2. The minimum Gasteiger partial charge on any atom is -0.346 e. The van der Waals surface area contributed by atoms with E-state index in [0.717, 1.165) is 19.5 Å². The van der Waals surface area contributed by atoms with E-state index in [1.807, 2.05) is 0 Å². The zero-order valence-electron chi connectivity index (χ0n) is 12.7. The first kappa shape index (κ1) is 16.1. The van der Waals surface area contributed by atoms with E-state index >= 15 is 0 Å². The lowest BCUT2D eigenvalue weighted by Gasteiger charge is -2.29. The van der Waals surface area contributed by atoms with Crippen molar-refractivity contribution in [2.45, 2.75) is 19.4 Å². The maximum absolute atomic E-state index is 13.0. The van der Waals surface area contributed by atoms with Gasteiger partial charge in [0.15, 0.2) is 5.69 Å². The molecular formula is C16H18BrFN4O. The van der Waals surface area contributed by atoms with Crippen molar-refractivity contribution < 1.29 is 9.18 Å². The van der Waals surface area contributed by atoms with Gasteiger partial charge in [-0.1, -0.05) is 6.92 Å². The van der Waals surface area contributed by atoms with Gasteiger partial charge < -0.3 is 10.6 Å². The van der Waals surface area contributed by atoms with Crippen LogP contribution in [0.3, 0.4) is 0 Å². The average Bonchev–Trinajstić information content (AvgIpc) is 2.92. The van der Waals surface area contributed by atoms with Crippen molar-refractivity contribution in [2.75, 3.05) is 13.1 Å². The normalized spacial score (nSPS) is 21.2. The van der Waals surface area contributed by atoms with E-state index in [1.165, 1.54) is 12.1 Å². The van der Waals surface area contributed by atoms with Crippen LogP contribution in [-0.4, -0.2) is 34.8 Å². The molecular weight excluding hydrogens is 363 g/mol. The molecule has 5 nitrogen and oxygen atoms in total. The smallest absolute Gasteiger partial charge is 0.273 e. The Balaban J connectivity index is 1.77. The highest BCUT2D eigenvalue weighted by Gasteiger charge is 2.25. The molecule has 2 aromatic rings. The van der Waals surface area contributed by atoms with Crippen molar-refractivity contribution in [3.8, 4) is 5.69 Å². The second-order valence-corrected chi connectivity index (χ2v) is 6.65. The Labute approximate surface area is 142 Å². The summed E-state index contributed by atoms with van der Waals surface area (Å²) in [4.78, 5) is 12.5. The summed E-state index contributed by atoms with van der Waals surface area (Å²) in [5.74, 6) is -0.0897. The third-order valence-corrected chi connectivity index (χ3v) is 4.70. The summed E-state index contributed by atoms with van der Waals surface area (Å²) >= 11 is 3.38. The van der Waals surface area contributed by atoms with Gasteiger partial charge in [0.2, 0.25) is 0 Å². The fourth-order valence-electron chi connectivity index (χ4n) is 2.65. The predicted molar refractivity (Wildman–Crippen MR) is 89.1 cm³/mol. The Morgan fingerprint density at radius 2 is 2.17 bits per heavy atom. The minimum absolute atomic E-state index is 0.0964. The second kappa shape index (κ2) is 6.80. The molecule has 1 saturated heterocycles. The van der Waals surface area contributed by atoms with Gasteiger partial charge in [0, 0.05) is 18.8 Å². The number of aromatic nitrogens is 2. The van der Waals surface area contributed by atoms with Crippen LogP contribution in [0, 0.1) is 11.7 Å². The maximum Gasteiger partial charge on any atom is 0.273 e. The van der Waals surface area contributed by atoms with Crippen molar-refractivity contribution >= 4 is 21.8 Å². The Bertz CT molecular complexity index is 701. The lowest BCUT2D eigenvalue weighted by molar-refractivity contribution is 0.0909. The standard InChI is InChI=1S/C16H18BrFN4O/c1-10-6-7-19-8-14(10)20-16(23)15-13(17)9-22(21-15)12-4-2-11(18)3-5-12/h2-5,9-10,14,19H,6-8H2,1H3,(H,20,23). The molecule has 0 saturated carbocycles. The maximum atomic E-state index is 13.0. The van der Waals surface area contributed by atoms with Crippen LogP contribution in [0.4, 0.5) is 4.39 Å². The summed E-state index contributed by atoms with van der Waals surface area (Å²) in [5, 5.41) is 10.6. The zero-order chi connectivity index (χ0) is 16.4. The molecule has 7 heteroatoms. The van der Waals surface area contributed by atoms with Crippen molar-refractivity contribution in [1.29, 1.82) is 0 Å². The van der Waals surface area contributed by atoms with Crippen LogP contribution in [0.15, 0.2) is 34.9 Å². The van der Waals surface area contributed by atoms with Gasteiger partial charge >= 0.3 is 0 Å². The summed E-state index contributed by atoms with van der Waals surface area (Å²) in [7, 11) is 0. The monoisotopic (exact) mass is 380 g/mol. The van der Waals surface area contributed by atoms with Crippen LogP contribution in [0.1, 0.15) is 23.8 Å². The highest BCUT2D eigenvalue weighted by molar-refractivity contribution is 9.10. The SMILES string of the molecule is CC1CCNCC1NC(=O)c1nn(-c2ccc(F)cc2)cc1Br. The van der Waals surface area contributed by atoms with Crippen molar-refractivity contribution in [3.63, 3.8) is 0 Å². The molecule has 0 bridgehead atoms. The van der Waals surface area contributed by atoms with Gasteiger partial charge in [-0.3, -0.25) is 4.79 Å². The first-order chi connectivity index (χ1) is 11.0. The van der Waals surface area contributed by atoms with Crippen LogP contribution in [-0.2, 0) is 0 Å². The molecule has 3 rings (SSSR count). The van der Waals surface area contributed by atoms with E-state index in [4.69, 9.17) is 0 Å². The van der Waals surface area contributed by atoms with Gasteiger partial charge in [0.1, 0.15) is 5.82 Å². The third kappa shape index (κ3) is 3.61. The Morgan fingerprint density at radius 3 is 2.87 bits per heavy atom. The molecule has 0 spiro atoms. The zero-order valence-corrected chi connectivity index (χ0v) is 14.3. The molecule has 1 fully saturated rings. The molecule has 2 N–H and O–H groups in total. The van der Waals surface area contributed by atoms with Gasteiger partial charge in [-0.2, -0.15) is 5.10 Å². The lowest BCUT2D eigenvalue weighted by Crippen LogP contribution is -2.50. The van der Waals surface area contributed by atoms with Crippen molar-refractivity contribution in [3.05, 3.63) is 46.4 Å². The number of piperidine rings is 1. The molecule has 2 unspecified atom stereocenters. The fourth-order valence-corrected chi connectivity index (χ4v) is 3.11. The largest absolute Gasteiger partial charge is 0.346 e. The van der Waals surface area contributed by atoms with Gasteiger partial charge in [0.25, 0.3) is 5.91 Å². The number of nitrogens with one attached hydrogen (secondary N) is 2. The number of benzene rings is 1. The molecule has 0 radical (unpaired) electrons. The van der Waals surface area contributed by atoms with Gasteiger partial charge in [-0.25, -0.2) is 9.07 Å². The first-order valence-corrected chi connectivity index (χ1v) is 8.36. The van der Waals surface area contributed by atoms with E-state index in [-0.39, 0.29) is 17.8 Å². The molecule has 1 aliphatic rings. The molecule has 23 heavy (non-hydrogen) atoms. The number of amides is 1. The highest BCUT2D eigenvalue weighted by Crippen LogP contribution is 2.19. The van der Waals surface area contributed by atoms with Crippen LogP contribution in [0.5, 0.6) is 0 Å². The van der Waals surface area contributed by atoms with Crippen molar-refractivity contribution in [2.24, 2.45) is 5.92 Å². The fraction of sp³-hybridized carbons (Fsp3) is 0.375. The average molecular weight is 381 g/mol. The Hall–Kier alpha value is -1.73. The summed E-state index contributed by atoms with van der Waals surface area (Å²) in [6.07, 6.45) is 2.74. The summed E-state index contributed by atoms with van der Waals surface area (Å²) in [6.45, 7) is 3.89. The lowest BCUT2D eigenvalue weighted by atomic mass is 9.95. The van der Waals surface area contributed by atoms with Crippen LogP contribution >= 0.6 is 15.9 Å². The second-order valence-electron chi connectivity index (χ2n) is 5.80. The van der Waals surface area contributed by atoms with Crippen LogP contribution in [0.2, 0.25) is 0 Å². The third-order valence-electron chi connectivity index (χ3n) is 4.12. The van der Waals surface area contributed by atoms with Crippen LogP contribution < -0.4 is 10.6 Å². The number of rotatable bonds is 3. The number of hydrogen-bond acceptors (Lipinski definition) is 3. The minimum atomic E-state index is -0.309. The number of hydrogen-bond donors (Lipinski definition) is 2. The van der Waals surface area contributed by atoms with E-state index < -0.39 is 0 Å². The molecule has 1 aliphatic heterocycles. The van der Waals surface area contributed by atoms with E-state index in [0.29, 0.717) is 21.8 Å². The van der Waals surface area contributed by atoms with Crippen LogP contribution in [0.25, 0.3) is 5.69 Å². The molecule has 0 aliphatic carbocycles. The molecule has 1 aromatic heterocycles. The molecule has 122 valence electrons. The number of halogens is 2. The van der Waals surface area contributed by atoms with E-state index in [9.17, 15) is 9.18 Å². The highest BCUT2D eigenvalue weighted by atomic mass is 79.9. The van der Waals surface area contributed by atoms with Gasteiger partial charge in [-0.05, 0) is 59.1 Å². The quantitative estimate of drug-likeness (QED) is 0.859. The molecule has 1 aromatic carbocycles. The Morgan fingerprint density at radius 1 is 1.43 bits per heavy atom. The van der Waals surface area contributed by atoms with Gasteiger partial charge in [-0.15, -0.1) is 0 Å². The van der Waals surface area contributed by atoms with Gasteiger partial charge in [0.05, 0.1) is 10.2 Å². The summed E-state index contributed by atoms with van der Waals surface area (Å²) in [6, 6.07) is 6.05. The number of carbonyl (C=O) groups is 1. The Kier molecular flexibility index (Phi) is 4.77.